The minimum absolute atomic E-state index is 0.0620. The van der Waals surface area contributed by atoms with E-state index < -0.39 is 0 Å². The van der Waals surface area contributed by atoms with Gasteiger partial charge in [-0.1, -0.05) is 37.3 Å². The molecule has 0 saturated heterocycles. The van der Waals surface area contributed by atoms with Crippen molar-refractivity contribution in [3.05, 3.63) is 48.2 Å². The Balaban J connectivity index is 2.53. The van der Waals surface area contributed by atoms with Gasteiger partial charge in [0, 0.05) is 5.92 Å². The van der Waals surface area contributed by atoms with E-state index in [1.165, 1.54) is 5.56 Å². The predicted molar refractivity (Wildman–Crippen MR) is 61.7 cm³/mol. The molecule has 15 heavy (non-hydrogen) atoms. The number of aliphatic hydroxyl groups is 1. The van der Waals surface area contributed by atoms with Gasteiger partial charge in [0.05, 0.1) is 12.9 Å². The Hall–Kier alpha value is -1.28. The van der Waals surface area contributed by atoms with E-state index in [0.717, 1.165) is 6.42 Å². The highest BCUT2D eigenvalue weighted by Crippen LogP contribution is 2.20. The van der Waals surface area contributed by atoms with Gasteiger partial charge in [0.15, 0.2) is 0 Å². The van der Waals surface area contributed by atoms with Gasteiger partial charge < -0.3 is 9.84 Å². The second kappa shape index (κ2) is 7.07. The van der Waals surface area contributed by atoms with E-state index in [1.807, 2.05) is 24.3 Å². The second-order valence-corrected chi connectivity index (χ2v) is 3.35. The summed E-state index contributed by atoms with van der Waals surface area (Å²) in [5.41, 5.74) is 1.30. The summed E-state index contributed by atoms with van der Waals surface area (Å²) in [6.07, 6.45) is 4.76. The molecule has 0 radical (unpaired) electrons. The molecule has 1 unspecified atom stereocenters. The van der Waals surface area contributed by atoms with Crippen molar-refractivity contribution in [3.8, 4) is 0 Å². The van der Waals surface area contributed by atoms with Crippen LogP contribution in [0.25, 0.3) is 0 Å². The molecule has 82 valence electrons. The zero-order chi connectivity index (χ0) is 10.9. The fourth-order valence-electron chi connectivity index (χ4n) is 1.45. The molecular weight excluding hydrogens is 188 g/mol. The quantitative estimate of drug-likeness (QED) is 0.573. The molecule has 1 aromatic carbocycles. The molecule has 0 amide bonds. The molecule has 0 aliphatic rings. The van der Waals surface area contributed by atoms with Crippen LogP contribution < -0.4 is 0 Å². The van der Waals surface area contributed by atoms with Crippen LogP contribution in [-0.4, -0.2) is 18.3 Å². The van der Waals surface area contributed by atoms with Gasteiger partial charge in [0.25, 0.3) is 0 Å². The van der Waals surface area contributed by atoms with Gasteiger partial charge in [-0.2, -0.15) is 0 Å². The maximum atomic E-state index is 8.55. The van der Waals surface area contributed by atoms with Crippen molar-refractivity contribution >= 4 is 0 Å². The zero-order valence-corrected chi connectivity index (χ0v) is 9.10. The molecule has 0 fully saturated rings. The van der Waals surface area contributed by atoms with Crippen LogP contribution in [0.5, 0.6) is 0 Å². The first kappa shape index (κ1) is 11.8. The average Bonchev–Trinajstić information content (AvgIpc) is 2.30. The van der Waals surface area contributed by atoms with E-state index in [0.29, 0.717) is 12.5 Å². The summed E-state index contributed by atoms with van der Waals surface area (Å²) in [6, 6.07) is 10.3. The van der Waals surface area contributed by atoms with Crippen molar-refractivity contribution in [1.29, 1.82) is 0 Å². The van der Waals surface area contributed by atoms with Crippen LogP contribution in [0.2, 0.25) is 0 Å². The van der Waals surface area contributed by atoms with Crippen LogP contribution in [0.1, 0.15) is 24.8 Å². The highest BCUT2D eigenvalue weighted by atomic mass is 16.5. The van der Waals surface area contributed by atoms with Crippen LogP contribution in [0, 0.1) is 0 Å². The normalized spacial score (nSPS) is 12.9. The number of aliphatic hydroxyl groups excluding tert-OH is 1. The lowest BCUT2D eigenvalue weighted by atomic mass is 9.97. The maximum absolute atomic E-state index is 8.55. The molecule has 1 aromatic rings. The van der Waals surface area contributed by atoms with Crippen LogP contribution in [0.15, 0.2) is 42.7 Å². The fraction of sp³-hybridized carbons (Fsp3) is 0.385. The van der Waals surface area contributed by atoms with Crippen molar-refractivity contribution in [2.75, 3.05) is 13.2 Å². The van der Waals surface area contributed by atoms with Gasteiger partial charge in [-0.3, -0.25) is 0 Å². The fourth-order valence-corrected chi connectivity index (χ4v) is 1.45. The topological polar surface area (TPSA) is 29.5 Å². The third-order valence-electron chi connectivity index (χ3n) is 2.28. The molecule has 2 nitrogen and oxygen atoms in total. The van der Waals surface area contributed by atoms with E-state index in [9.17, 15) is 0 Å². The monoisotopic (exact) mass is 206 g/mol. The Labute approximate surface area is 91.2 Å². The molecule has 0 bridgehead atoms. The van der Waals surface area contributed by atoms with Gasteiger partial charge in [-0.15, -0.1) is 0 Å². The van der Waals surface area contributed by atoms with Gasteiger partial charge in [-0.25, -0.2) is 0 Å². The molecule has 2 heteroatoms. The highest BCUT2D eigenvalue weighted by molar-refractivity contribution is 5.23. The first-order valence-electron chi connectivity index (χ1n) is 5.32. The van der Waals surface area contributed by atoms with E-state index >= 15 is 0 Å². The average molecular weight is 206 g/mol. The Kier molecular flexibility index (Phi) is 5.56. The number of benzene rings is 1. The molecule has 0 heterocycles. The summed E-state index contributed by atoms with van der Waals surface area (Å²) >= 11 is 0. The SMILES string of the molecule is CCC(/C=C/OCCO)c1ccccc1. The van der Waals surface area contributed by atoms with Gasteiger partial charge in [-0.05, 0) is 18.1 Å². The van der Waals surface area contributed by atoms with Gasteiger partial charge in [0.2, 0.25) is 0 Å². The standard InChI is InChI=1S/C13H18O2/c1-2-12(8-10-15-11-9-14)13-6-4-3-5-7-13/h3-8,10,12,14H,2,9,11H2,1H3/b10-8+. The largest absolute Gasteiger partial charge is 0.499 e. The predicted octanol–water partition coefficient (Wildman–Crippen LogP) is 2.70. The first-order valence-corrected chi connectivity index (χ1v) is 5.32. The lowest BCUT2D eigenvalue weighted by Crippen LogP contribution is -1.95. The second-order valence-electron chi connectivity index (χ2n) is 3.35. The lowest BCUT2D eigenvalue weighted by Gasteiger charge is -2.09. The first-order chi connectivity index (χ1) is 7.38. The Morgan fingerprint density at radius 1 is 1.33 bits per heavy atom. The van der Waals surface area contributed by atoms with Crippen molar-refractivity contribution in [2.24, 2.45) is 0 Å². The smallest absolute Gasteiger partial charge is 0.110 e. The number of hydrogen-bond acceptors (Lipinski definition) is 2. The summed E-state index contributed by atoms with van der Waals surface area (Å²) in [5, 5.41) is 8.55. The molecule has 0 aliphatic carbocycles. The number of ether oxygens (including phenoxy) is 1. The van der Waals surface area contributed by atoms with Crippen LogP contribution in [0.4, 0.5) is 0 Å². The molecule has 1 atom stereocenters. The van der Waals surface area contributed by atoms with E-state index in [2.05, 4.69) is 19.1 Å². The molecule has 1 rings (SSSR count). The molecule has 0 aliphatic heterocycles. The van der Waals surface area contributed by atoms with E-state index in [4.69, 9.17) is 9.84 Å². The number of hydrogen-bond donors (Lipinski definition) is 1. The van der Waals surface area contributed by atoms with Crippen molar-refractivity contribution in [2.45, 2.75) is 19.3 Å². The third kappa shape index (κ3) is 4.17. The summed E-state index contributed by atoms with van der Waals surface area (Å²) in [6.45, 7) is 2.57. The summed E-state index contributed by atoms with van der Waals surface area (Å²) in [5.74, 6) is 0.393. The molecule has 0 aromatic heterocycles. The summed E-state index contributed by atoms with van der Waals surface area (Å²) < 4.78 is 5.11. The Morgan fingerprint density at radius 3 is 2.67 bits per heavy atom. The molecular formula is C13H18O2. The minimum atomic E-state index is 0.0620. The van der Waals surface area contributed by atoms with Crippen LogP contribution >= 0.6 is 0 Å². The third-order valence-corrected chi connectivity index (χ3v) is 2.28. The number of rotatable bonds is 6. The van der Waals surface area contributed by atoms with E-state index in [1.54, 1.807) is 6.26 Å². The molecule has 0 saturated carbocycles. The lowest BCUT2D eigenvalue weighted by molar-refractivity contribution is 0.165. The van der Waals surface area contributed by atoms with Crippen LogP contribution in [-0.2, 0) is 4.74 Å². The summed E-state index contributed by atoms with van der Waals surface area (Å²) in [4.78, 5) is 0. The highest BCUT2D eigenvalue weighted by Gasteiger charge is 2.03. The summed E-state index contributed by atoms with van der Waals surface area (Å²) in [7, 11) is 0. The van der Waals surface area contributed by atoms with Gasteiger partial charge >= 0.3 is 0 Å². The Morgan fingerprint density at radius 2 is 2.07 bits per heavy atom. The van der Waals surface area contributed by atoms with Crippen molar-refractivity contribution in [1.82, 2.24) is 0 Å². The minimum Gasteiger partial charge on any atom is -0.499 e. The van der Waals surface area contributed by atoms with E-state index in [-0.39, 0.29) is 6.61 Å². The Bertz CT molecular complexity index is 280. The zero-order valence-electron chi connectivity index (χ0n) is 9.10. The molecule has 1 N–H and O–H groups in total. The van der Waals surface area contributed by atoms with Gasteiger partial charge in [0.1, 0.15) is 6.61 Å². The number of allylic oxidation sites excluding steroid dienone is 1. The van der Waals surface area contributed by atoms with Crippen LogP contribution in [0.3, 0.4) is 0 Å². The maximum Gasteiger partial charge on any atom is 0.110 e. The van der Waals surface area contributed by atoms with Crippen molar-refractivity contribution in [3.63, 3.8) is 0 Å². The molecule has 0 spiro atoms. The van der Waals surface area contributed by atoms with Crippen molar-refractivity contribution < 1.29 is 9.84 Å².